The van der Waals surface area contributed by atoms with Crippen molar-refractivity contribution < 1.29 is 9.84 Å². The molecule has 0 saturated heterocycles. The van der Waals surface area contributed by atoms with E-state index in [0.29, 0.717) is 0 Å². The quantitative estimate of drug-likeness (QED) is 0.881. The number of rotatable bonds is 6. The Morgan fingerprint density at radius 3 is 2.33 bits per heavy atom. The third-order valence-electron chi connectivity index (χ3n) is 3.74. The van der Waals surface area contributed by atoms with E-state index < -0.39 is 6.10 Å². The summed E-state index contributed by atoms with van der Waals surface area (Å²) < 4.78 is 5.39. The van der Waals surface area contributed by atoms with E-state index in [1.54, 1.807) is 7.11 Å². The van der Waals surface area contributed by atoms with Crippen LogP contribution in [0.4, 0.5) is 5.69 Å². The number of methoxy groups -OCH3 is 1. The van der Waals surface area contributed by atoms with Crippen LogP contribution in [-0.4, -0.2) is 25.8 Å². The Labute approximate surface area is 126 Å². The van der Waals surface area contributed by atoms with Crippen LogP contribution in [0.25, 0.3) is 0 Å². The molecular formula is C18H23NO2. The van der Waals surface area contributed by atoms with E-state index in [2.05, 4.69) is 11.8 Å². The lowest BCUT2D eigenvalue weighted by Gasteiger charge is -2.27. The smallest absolute Gasteiger partial charge is 0.142 e. The summed E-state index contributed by atoms with van der Waals surface area (Å²) in [5.41, 5.74) is 1.99. The minimum Gasteiger partial charge on any atom is -0.495 e. The number of hydrogen-bond donors (Lipinski definition) is 1. The Bertz CT molecular complexity index is 556. The zero-order valence-electron chi connectivity index (χ0n) is 12.9. The molecule has 0 spiro atoms. The molecule has 0 bridgehead atoms. The van der Waals surface area contributed by atoms with Crippen LogP contribution in [0, 0.1) is 5.92 Å². The largest absolute Gasteiger partial charge is 0.495 e. The van der Waals surface area contributed by atoms with E-state index in [0.717, 1.165) is 23.5 Å². The lowest BCUT2D eigenvalue weighted by Crippen LogP contribution is -2.27. The van der Waals surface area contributed by atoms with Crippen molar-refractivity contribution in [3.05, 3.63) is 60.2 Å². The van der Waals surface area contributed by atoms with Gasteiger partial charge in [0.25, 0.3) is 0 Å². The highest BCUT2D eigenvalue weighted by Crippen LogP contribution is 2.29. The molecule has 21 heavy (non-hydrogen) atoms. The second-order valence-electron chi connectivity index (χ2n) is 5.39. The van der Waals surface area contributed by atoms with Crippen molar-refractivity contribution >= 4 is 5.69 Å². The van der Waals surface area contributed by atoms with E-state index in [9.17, 15) is 5.11 Å². The summed E-state index contributed by atoms with van der Waals surface area (Å²) in [6.07, 6.45) is -0.469. The van der Waals surface area contributed by atoms with Crippen LogP contribution in [0.2, 0.25) is 0 Å². The molecule has 2 atom stereocenters. The lowest BCUT2D eigenvalue weighted by atomic mass is 9.97. The molecule has 2 unspecified atom stereocenters. The number of aliphatic hydroxyl groups excluding tert-OH is 1. The first kappa shape index (κ1) is 15.4. The molecule has 0 aliphatic rings. The van der Waals surface area contributed by atoms with Gasteiger partial charge in [-0.3, -0.25) is 0 Å². The summed E-state index contributed by atoms with van der Waals surface area (Å²) in [7, 11) is 3.70. The lowest BCUT2D eigenvalue weighted by molar-refractivity contribution is 0.121. The van der Waals surface area contributed by atoms with Gasteiger partial charge in [0.05, 0.1) is 18.9 Å². The number of ether oxygens (including phenoxy) is 1. The van der Waals surface area contributed by atoms with Crippen molar-refractivity contribution in [2.45, 2.75) is 13.0 Å². The highest BCUT2D eigenvalue weighted by atomic mass is 16.5. The summed E-state index contributed by atoms with van der Waals surface area (Å²) in [6.45, 7) is 2.81. The number of benzene rings is 2. The molecule has 3 heteroatoms. The number of para-hydroxylation sites is 2. The number of hydrogen-bond acceptors (Lipinski definition) is 3. The zero-order chi connectivity index (χ0) is 15.2. The maximum absolute atomic E-state index is 10.5. The molecule has 1 N–H and O–H groups in total. The molecule has 0 aromatic heterocycles. The van der Waals surface area contributed by atoms with Crippen molar-refractivity contribution in [3.63, 3.8) is 0 Å². The predicted octanol–water partition coefficient (Wildman–Crippen LogP) is 3.50. The van der Waals surface area contributed by atoms with Gasteiger partial charge in [0.2, 0.25) is 0 Å². The van der Waals surface area contributed by atoms with E-state index in [1.165, 1.54) is 0 Å². The fourth-order valence-electron chi connectivity index (χ4n) is 2.55. The van der Waals surface area contributed by atoms with Crippen LogP contribution < -0.4 is 9.64 Å². The van der Waals surface area contributed by atoms with E-state index in [4.69, 9.17) is 4.74 Å². The van der Waals surface area contributed by atoms with Crippen molar-refractivity contribution in [3.8, 4) is 5.75 Å². The Morgan fingerprint density at radius 1 is 1.05 bits per heavy atom. The summed E-state index contributed by atoms with van der Waals surface area (Å²) in [4.78, 5) is 2.12. The Hall–Kier alpha value is -2.00. The first-order chi connectivity index (χ1) is 10.1. The topological polar surface area (TPSA) is 32.7 Å². The standard InChI is InChI=1S/C18H23NO2/c1-14(18(20)15-9-5-4-6-10-15)13-19(2)16-11-7-8-12-17(16)21-3/h4-12,14,18,20H,13H2,1-3H3. The van der Waals surface area contributed by atoms with Gasteiger partial charge in [0.15, 0.2) is 0 Å². The van der Waals surface area contributed by atoms with E-state index >= 15 is 0 Å². The molecule has 0 fully saturated rings. The summed E-state index contributed by atoms with van der Waals surface area (Å²) in [5, 5.41) is 10.5. The minimum atomic E-state index is -0.469. The SMILES string of the molecule is COc1ccccc1N(C)CC(C)C(O)c1ccccc1. The van der Waals surface area contributed by atoms with Crippen LogP contribution in [0.3, 0.4) is 0 Å². The van der Waals surface area contributed by atoms with Gasteiger partial charge in [0.1, 0.15) is 5.75 Å². The summed E-state index contributed by atoms with van der Waals surface area (Å²) in [6, 6.07) is 17.7. The van der Waals surface area contributed by atoms with Gasteiger partial charge in [-0.25, -0.2) is 0 Å². The van der Waals surface area contributed by atoms with Crippen LogP contribution >= 0.6 is 0 Å². The fourth-order valence-corrected chi connectivity index (χ4v) is 2.55. The zero-order valence-corrected chi connectivity index (χ0v) is 12.9. The molecule has 0 radical (unpaired) electrons. The Kier molecular flexibility index (Phi) is 5.23. The Balaban J connectivity index is 2.06. The molecule has 2 aromatic rings. The van der Waals surface area contributed by atoms with Gasteiger partial charge < -0.3 is 14.7 Å². The second kappa shape index (κ2) is 7.14. The Morgan fingerprint density at radius 2 is 1.67 bits per heavy atom. The van der Waals surface area contributed by atoms with Gasteiger partial charge in [-0.05, 0) is 17.7 Å². The van der Waals surface area contributed by atoms with Crippen LogP contribution in [0.1, 0.15) is 18.6 Å². The van der Waals surface area contributed by atoms with Crippen molar-refractivity contribution in [1.29, 1.82) is 0 Å². The molecular weight excluding hydrogens is 262 g/mol. The molecule has 112 valence electrons. The highest BCUT2D eigenvalue weighted by molar-refractivity contribution is 5.57. The molecule has 0 aliphatic carbocycles. The predicted molar refractivity (Wildman–Crippen MR) is 86.8 cm³/mol. The summed E-state index contributed by atoms with van der Waals surface area (Å²) in [5.74, 6) is 0.962. The van der Waals surface area contributed by atoms with Crippen molar-refractivity contribution in [2.24, 2.45) is 5.92 Å². The maximum atomic E-state index is 10.5. The third-order valence-corrected chi connectivity index (χ3v) is 3.74. The number of anilines is 1. The molecule has 0 amide bonds. The monoisotopic (exact) mass is 285 g/mol. The number of aliphatic hydroxyl groups is 1. The molecule has 2 aromatic carbocycles. The highest BCUT2D eigenvalue weighted by Gasteiger charge is 2.19. The second-order valence-corrected chi connectivity index (χ2v) is 5.39. The first-order valence-electron chi connectivity index (χ1n) is 7.20. The van der Waals surface area contributed by atoms with Gasteiger partial charge in [-0.2, -0.15) is 0 Å². The van der Waals surface area contributed by atoms with Crippen LogP contribution in [-0.2, 0) is 0 Å². The van der Waals surface area contributed by atoms with Gasteiger partial charge in [-0.1, -0.05) is 49.4 Å². The normalized spacial score (nSPS) is 13.5. The maximum Gasteiger partial charge on any atom is 0.142 e. The van der Waals surface area contributed by atoms with Gasteiger partial charge >= 0.3 is 0 Å². The van der Waals surface area contributed by atoms with Crippen molar-refractivity contribution in [2.75, 3.05) is 25.6 Å². The van der Waals surface area contributed by atoms with E-state index in [-0.39, 0.29) is 5.92 Å². The molecule has 0 heterocycles. The van der Waals surface area contributed by atoms with E-state index in [1.807, 2.05) is 61.6 Å². The van der Waals surface area contributed by atoms with Crippen molar-refractivity contribution in [1.82, 2.24) is 0 Å². The van der Waals surface area contributed by atoms with Gasteiger partial charge in [-0.15, -0.1) is 0 Å². The first-order valence-corrected chi connectivity index (χ1v) is 7.20. The molecule has 2 rings (SSSR count). The van der Waals surface area contributed by atoms with Gasteiger partial charge in [0, 0.05) is 19.5 Å². The molecule has 0 aliphatic heterocycles. The third kappa shape index (κ3) is 3.76. The average molecular weight is 285 g/mol. The van der Waals surface area contributed by atoms with Crippen LogP contribution in [0.5, 0.6) is 5.75 Å². The van der Waals surface area contributed by atoms with Crippen LogP contribution in [0.15, 0.2) is 54.6 Å². The number of nitrogens with zero attached hydrogens (tertiary/aromatic N) is 1. The fraction of sp³-hybridized carbons (Fsp3) is 0.333. The molecule has 0 saturated carbocycles. The average Bonchev–Trinajstić information content (AvgIpc) is 2.54. The summed E-state index contributed by atoms with van der Waals surface area (Å²) >= 11 is 0. The molecule has 3 nitrogen and oxygen atoms in total. The minimum absolute atomic E-state index is 0.113.